The normalized spacial score (nSPS) is 12.5. The van der Waals surface area contributed by atoms with Crippen LogP contribution in [-0.2, 0) is 12.4 Å². The third kappa shape index (κ3) is 3.29. The maximum atomic E-state index is 12.5. The molecule has 3 nitrogen and oxygen atoms in total. The molecule has 0 aliphatic heterocycles. The minimum absolute atomic E-state index is 0.00843. The van der Waals surface area contributed by atoms with Crippen LogP contribution in [0, 0.1) is 6.92 Å². The van der Waals surface area contributed by atoms with Gasteiger partial charge in [0.05, 0.1) is 0 Å². The van der Waals surface area contributed by atoms with Crippen molar-refractivity contribution in [2.24, 2.45) is 0 Å². The van der Waals surface area contributed by atoms with Crippen molar-refractivity contribution in [3.8, 4) is 11.4 Å². The second-order valence-electron chi connectivity index (χ2n) is 4.09. The van der Waals surface area contributed by atoms with E-state index in [1.807, 2.05) is 0 Å². The van der Waals surface area contributed by atoms with Gasteiger partial charge in [-0.25, -0.2) is 15.0 Å². The molecule has 21 heavy (non-hydrogen) atoms. The maximum absolute atomic E-state index is 12.5. The van der Waals surface area contributed by atoms with Gasteiger partial charge < -0.3 is 0 Å². The predicted molar refractivity (Wildman–Crippen MR) is 60.0 cm³/mol. The van der Waals surface area contributed by atoms with E-state index in [0.29, 0.717) is 12.1 Å². The van der Waals surface area contributed by atoms with Gasteiger partial charge in [0, 0.05) is 17.5 Å². The first kappa shape index (κ1) is 15.2. The molecule has 0 spiro atoms. The standard InChI is InChI=1S/C12H7F6N3/c1-6-7(2-3-8(20-6)11(13,14)15)10-19-5-4-9(21-10)12(16,17)18/h2-5H,1H3. The summed E-state index contributed by atoms with van der Waals surface area (Å²) in [4.78, 5) is 10.3. The van der Waals surface area contributed by atoms with Gasteiger partial charge in [-0.1, -0.05) is 0 Å². The van der Waals surface area contributed by atoms with Crippen molar-refractivity contribution >= 4 is 0 Å². The fourth-order valence-electron chi connectivity index (χ4n) is 1.60. The van der Waals surface area contributed by atoms with Crippen molar-refractivity contribution in [1.82, 2.24) is 15.0 Å². The van der Waals surface area contributed by atoms with Crippen LogP contribution in [-0.4, -0.2) is 15.0 Å². The summed E-state index contributed by atoms with van der Waals surface area (Å²) < 4.78 is 75.1. The Hall–Kier alpha value is -2.19. The van der Waals surface area contributed by atoms with E-state index in [2.05, 4.69) is 15.0 Å². The fraction of sp³-hybridized carbons (Fsp3) is 0.250. The number of aryl methyl sites for hydroxylation is 1. The molecule has 0 amide bonds. The molecule has 0 saturated carbocycles. The highest BCUT2D eigenvalue weighted by molar-refractivity contribution is 5.58. The zero-order chi connectivity index (χ0) is 15.8. The third-order valence-corrected chi connectivity index (χ3v) is 2.56. The Morgan fingerprint density at radius 3 is 1.90 bits per heavy atom. The average molecular weight is 307 g/mol. The summed E-state index contributed by atoms with van der Waals surface area (Å²) >= 11 is 0. The number of aromatic nitrogens is 3. The van der Waals surface area contributed by atoms with Crippen LogP contribution in [0.3, 0.4) is 0 Å². The number of nitrogens with zero attached hydrogens (tertiary/aromatic N) is 3. The van der Waals surface area contributed by atoms with Gasteiger partial charge in [0.2, 0.25) is 0 Å². The van der Waals surface area contributed by atoms with Crippen LogP contribution in [0.15, 0.2) is 24.4 Å². The lowest BCUT2D eigenvalue weighted by molar-refractivity contribution is -0.141. The number of hydrogen-bond acceptors (Lipinski definition) is 3. The molecule has 2 heterocycles. The molecule has 2 rings (SSSR count). The van der Waals surface area contributed by atoms with Crippen molar-refractivity contribution in [2.75, 3.05) is 0 Å². The summed E-state index contributed by atoms with van der Waals surface area (Å²) in [7, 11) is 0. The molecular weight excluding hydrogens is 300 g/mol. The van der Waals surface area contributed by atoms with E-state index >= 15 is 0 Å². The van der Waals surface area contributed by atoms with Crippen LogP contribution < -0.4 is 0 Å². The van der Waals surface area contributed by atoms with Gasteiger partial charge in [-0.05, 0) is 25.1 Å². The lowest BCUT2D eigenvalue weighted by Crippen LogP contribution is -2.11. The van der Waals surface area contributed by atoms with E-state index in [1.165, 1.54) is 6.92 Å². The molecule has 0 aliphatic rings. The van der Waals surface area contributed by atoms with Crippen molar-refractivity contribution < 1.29 is 26.3 Å². The highest BCUT2D eigenvalue weighted by Gasteiger charge is 2.34. The Kier molecular flexibility index (Phi) is 3.60. The monoisotopic (exact) mass is 307 g/mol. The average Bonchev–Trinajstić information content (AvgIpc) is 2.36. The molecule has 0 radical (unpaired) electrons. The summed E-state index contributed by atoms with van der Waals surface area (Å²) in [6.07, 6.45) is -8.40. The van der Waals surface area contributed by atoms with Crippen LogP contribution in [0.5, 0.6) is 0 Å². The summed E-state index contributed by atoms with van der Waals surface area (Å²) in [6.45, 7) is 1.24. The zero-order valence-electron chi connectivity index (χ0n) is 10.4. The van der Waals surface area contributed by atoms with Gasteiger partial charge >= 0.3 is 12.4 Å². The van der Waals surface area contributed by atoms with E-state index in [0.717, 1.165) is 12.3 Å². The molecule has 0 aromatic carbocycles. The third-order valence-electron chi connectivity index (χ3n) is 2.56. The molecule has 0 aliphatic carbocycles. The molecule has 112 valence electrons. The Labute approximate surface area is 114 Å². The largest absolute Gasteiger partial charge is 0.433 e. The lowest BCUT2D eigenvalue weighted by atomic mass is 10.1. The maximum Gasteiger partial charge on any atom is 0.433 e. The fourth-order valence-corrected chi connectivity index (χ4v) is 1.60. The van der Waals surface area contributed by atoms with Crippen molar-refractivity contribution in [3.05, 3.63) is 41.5 Å². The summed E-state index contributed by atoms with van der Waals surface area (Å²) in [5.41, 5.74) is -2.40. The molecular formula is C12H7F6N3. The molecule has 0 atom stereocenters. The SMILES string of the molecule is Cc1nc(C(F)(F)F)ccc1-c1nccc(C(F)(F)F)n1. The Bertz CT molecular complexity index is 663. The Morgan fingerprint density at radius 2 is 1.38 bits per heavy atom. The highest BCUT2D eigenvalue weighted by atomic mass is 19.4. The van der Waals surface area contributed by atoms with Crippen molar-refractivity contribution in [2.45, 2.75) is 19.3 Å². The predicted octanol–water partition coefficient (Wildman–Crippen LogP) is 3.88. The quantitative estimate of drug-likeness (QED) is 0.750. The van der Waals surface area contributed by atoms with Crippen LogP contribution in [0.2, 0.25) is 0 Å². The van der Waals surface area contributed by atoms with E-state index < -0.39 is 23.7 Å². The highest BCUT2D eigenvalue weighted by Crippen LogP contribution is 2.31. The first-order valence-corrected chi connectivity index (χ1v) is 5.54. The first-order valence-electron chi connectivity index (χ1n) is 5.54. The Balaban J connectivity index is 2.48. The van der Waals surface area contributed by atoms with Crippen molar-refractivity contribution in [3.63, 3.8) is 0 Å². The molecule has 0 fully saturated rings. The van der Waals surface area contributed by atoms with E-state index in [1.54, 1.807) is 0 Å². The second kappa shape index (κ2) is 4.97. The summed E-state index contributed by atoms with van der Waals surface area (Å²) in [5, 5.41) is 0. The van der Waals surface area contributed by atoms with E-state index in [4.69, 9.17) is 0 Å². The van der Waals surface area contributed by atoms with Crippen LogP contribution in [0.1, 0.15) is 17.1 Å². The van der Waals surface area contributed by atoms with Crippen LogP contribution in [0.4, 0.5) is 26.3 Å². The minimum atomic E-state index is -4.66. The van der Waals surface area contributed by atoms with E-state index in [-0.39, 0.29) is 17.1 Å². The molecule has 0 saturated heterocycles. The number of pyridine rings is 1. The molecule has 0 unspecified atom stereocenters. The lowest BCUT2D eigenvalue weighted by Gasteiger charge is -2.10. The number of alkyl halides is 6. The molecule has 0 N–H and O–H groups in total. The number of rotatable bonds is 1. The Morgan fingerprint density at radius 1 is 0.810 bits per heavy atom. The summed E-state index contributed by atoms with van der Waals surface area (Å²) in [5.74, 6) is -0.330. The van der Waals surface area contributed by atoms with Gasteiger partial charge in [-0.15, -0.1) is 0 Å². The molecule has 0 bridgehead atoms. The molecule has 2 aromatic heterocycles. The molecule has 9 heteroatoms. The smallest absolute Gasteiger partial charge is 0.248 e. The van der Waals surface area contributed by atoms with Gasteiger partial charge in [0.1, 0.15) is 11.4 Å². The summed E-state index contributed by atoms with van der Waals surface area (Å²) in [6, 6.07) is 2.35. The van der Waals surface area contributed by atoms with Gasteiger partial charge in [-0.3, -0.25) is 0 Å². The van der Waals surface area contributed by atoms with Crippen LogP contribution in [0.25, 0.3) is 11.4 Å². The van der Waals surface area contributed by atoms with Crippen molar-refractivity contribution in [1.29, 1.82) is 0 Å². The molecule has 2 aromatic rings. The number of hydrogen-bond donors (Lipinski definition) is 0. The first-order chi connectivity index (χ1) is 9.59. The van der Waals surface area contributed by atoms with E-state index in [9.17, 15) is 26.3 Å². The number of halogens is 6. The van der Waals surface area contributed by atoms with Gasteiger partial charge in [-0.2, -0.15) is 26.3 Å². The topological polar surface area (TPSA) is 38.7 Å². The van der Waals surface area contributed by atoms with Gasteiger partial charge in [0.25, 0.3) is 0 Å². The minimum Gasteiger partial charge on any atom is -0.248 e. The van der Waals surface area contributed by atoms with Gasteiger partial charge in [0.15, 0.2) is 5.82 Å². The van der Waals surface area contributed by atoms with Crippen LogP contribution >= 0.6 is 0 Å². The second-order valence-corrected chi connectivity index (χ2v) is 4.09. The zero-order valence-corrected chi connectivity index (χ0v) is 10.4.